The molecule has 0 aromatic carbocycles. The first kappa shape index (κ1) is 11.1. The summed E-state index contributed by atoms with van der Waals surface area (Å²) in [6.45, 7) is 0. The van der Waals surface area contributed by atoms with Crippen molar-refractivity contribution in [3.63, 3.8) is 0 Å². The lowest BCUT2D eigenvalue weighted by Gasteiger charge is -2.13. The van der Waals surface area contributed by atoms with E-state index in [0.717, 1.165) is 0 Å². The van der Waals surface area contributed by atoms with Crippen LogP contribution in [-0.4, -0.2) is 25.4 Å². The molecule has 3 rings (SSSR count). The molecule has 8 heteroatoms. The Balaban J connectivity index is 2.13. The number of fused-ring (bicyclic) bond motifs is 1. The topological polar surface area (TPSA) is 90.0 Å². The van der Waals surface area contributed by atoms with Crippen LogP contribution in [0.5, 0.6) is 0 Å². The number of hydrogen-bond acceptors (Lipinski definition) is 5. The summed E-state index contributed by atoms with van der Waals surface area (Å²) in [5.74, 6) is 0.740. The van der Waals surface area contributed by atoms with Gasteiger partial charge in [-0.2, -0.15) is 4.98 Å². The monoisotopic (exact) mass is 265 g/mol. The molecule has 7 nitrogen and oxygen atoms in total. The largest absolute Gasteiger partial charge is 0.393 e. The molecular weight excluding hydrogens is 256 g/mol. The highest BCUT2D eigenvalue weighted by atomic mass is 35.5. The van der Waals surface area contributed by atoms with Crippen molar-refractivity contribution in [2.45, 2.75) is 18.9 Å². The number of allylic oxidation sites excluding steroid dienone is 2. The van der Waals surface area contributed by atoms with Crippen molar-refractivity contribution in [2.24, 2.45) is 0 Å². The van der Waals surface area contributed by atoms with E-state index in [-0.39, 0.29) is 23.1 Å². The highest BCUT2D eigenvalue weighted by Gasteiger charge is 2.24. The summed E-state index contributed by atoms with van der Waals surface area (Å²) in [6, 6.07) is 0.0329. The summed E-state index contributed by atoms with van der Waals surface area (Å²) in [4.78, 5) is 19.1. The maximum atomic E-state index is 11.2. The lowest BCUT2D eigenvalue weighted by Crippen LogP contribution is -2.39. The molecule has 0 saturated carbocycles. The third-order valence-electron chi connectivity index (χ3n) is 2.86. The van der Waals surface area contributed by atoms with Crippen molar-refractivity contribution >= 4 is 29.1 Å². The number of nitrogens with two attached hydrogens (primary N) is 1. The van der Waals surface area contributed by atoms with E-state index >= 15 is 0 Å². The minimum absolute atomic E-state index is 0.0329. The lowest BCUT2D eigenvalue weighted by atomic mass is 10.0. The standard InChI is InChI=1S/C10H9ClN6O/c11-8-14-9(12)15-10-16(5-13-17(8)10)6-1-3-7(18)4-2-6/h1,3,5-6,12H,2,4H2/p+1. The lowest BCUT2D eigenvalue weighted by molar-refractivity contribution is -0.691. The molecule has 0 saturated heterocycles. The van der Waals surface area contributed by atoms with Gasteiger partial charge in [0.15, 0.2) is 5.78 Å². The van der Waals surface area contributed by atoms with Gasteiger partial charge >= 0.3 is 5.78 Å². The summed E-state index contributed by atoms with van der Waals surface area (Å²) in [5, 5.41) is 4.26. The van der Waals surface area contributed by atoms with Gasteiger partial charge in [0.1, 0.15) is 0 Å². The average Bonchev–Trinajstić information content (AvgIpc) is 2.74. The van der Waals surface area contributed by atoms with Gasteiger partial charge in [-0.3, -0.25) is 4.79 Å². The number of carbonyl (C=O) groups is 1. The van der Waals surface area contributed by atoms with Gasteiger partial charge in [0.05, 0.1) is 6.04 Å². The van der Waals surface area contributed by atoms with Crippen LogP contribution in [0.4, 0.5) is 5.95 Å². The molecule has 2 aromatic rings. The number of hydrogen-bond donors (Lipinski definition) is 1. The van der Waals surface area contributed by atoms with Gasteiger partial charge in [-0.25, -0.2) is 4.57 Å². The Kier molecular flexibility index (Phi) is 2.48. The van der Waals surface area contributed by atoms with Crippen LogP contribution in [0.3, 0.4) is 0 Å². The van der Waals surface area contributed by atoms with E-state index in [1.54, 1.807) is 12.4 Å². The molecule has 0 spiro atoms. The zero-order valence-corrected chi connectivity index (χ0v) is 10.1. The summed E-state index contributed by atoms with van der Waals surface area (Å²) >= 11 is 5.92. The molecule has 0 fully saturated rings. The molecule has 0 radical (unpaired) electrons. The van der Waals surface area contributed by atoms with Crippen LogP contribution in [0.2, 0.25) is 5.28 Å². The first-order valence-corrected chi connectivity index (χ1v) is 5.82. The number of ketones is 1. The molecule has 2 heterocycles. The maximum absolute atomic E-state index is 11.2. The van der Waals surface area contributed by atoms with Gasteiger partial charge in [-0.1, -0.05) is 4.98 Å². The van der Waals surface area contributed by atoms with Crippen LogP contribution in [0.25, 0.3) is 5.78 Å². The van der Waals surface area contributed by atoms with Gasteiger partial charge < -0.3 is 5.73 Å². The van der Waals surface area contributed by atoms with Crippen LogP contribution in [0, 0.1) is 0 Å². The quantitative estimate of drug-likeness (QED) is 0.739. The predicted octanol–water partition coefficient (Wildman–Crippen LogP) is 0.108. The second kappa shape index (κ2) is 4.02. The van der Waals surface area contributed by atoms with E-state index in [1.165, 1.54) is 4.52 Å². The normalized spacial score (nSPS) is 19.6. The number of nitrogen functional groups attached to an aromatic ring is 1. The molecule has 2 aromatic heterocycles. The van der Waals surface area contributed by atoms with Crippen molar-refractivity contribution in [3.8, 4) is 0 Å². The zero-order chi connectivity index (χ0) is 12.7. The zero-order valence-electron chi connectivity index (χ0n) is 9.32. The van der Waals surface area contributed by atoms with Gasteiger partial charge in [0, 0.05) is 6.42 Å². The minimum Gasteiger partial charge on any atom is -0.357 e. The van der Waals surface area contributed by atoms with E-state index in [9.17, 15) is 4.79 Å². The number of nitrogens with zero attached hydrogens (tertiary/aromatic N) is 5. The Morgan fingerprint density at radius 1 is 1.50 bits per heavy atom. The second-order valence-corrected chi connectivity index (χ2v) is 4.37. The third-order valence-corrected chi connectivity index (χ3v) is 3.10. The Morgan fingerprint density at radius 2 is 2.33 bits per heavy atom. The first-order valence-electron chi connectivity index (χ1n) is 5.44. The Morgan fingerprint density at radius 3 is 3.06 bits per heavy atom. The number of halogens is 1. The molecule has 0 aliphatic heterocycles. The fourth-order valence-corrected chi connectivity index (χ4v) is 2.18. The fourth-order valence-electron chi connectivity index (χ4n) is 1.98. The number of anilines is 1. The average molecular weight is 266 g/mol. The van der Waals surface area contributed by atoms with Crippen molar-refractivity contribution < 1.29 is 9.36 Å². The third kappa shape index (κ3) is 1.72. The first-order chi connectivity index (χ1) is 8.65. The number of aromatic nitrogens is 5. The highest BCUT2D eigenvalue weighted by molar-refractivity contribution is 6.28. The van der Waals surface area contributed by atoms with Crippen molar-refractivity contribution in [3.05, 3.63) is 23.8 Å². The molecule has 18 heavy (non-hydrogen) atoms. The summed E-state index contributed by atoms with van der Waals surface area (Å²) in [6.07, 6.45) is 6.25. The molecule has 0 amide bonds. The van der Waals surface area contributed by atoms with Crippen LogP contribution < -0.4 is 10.3 Å². The molecule has 1 unspecified atom stereocenters. The van der Waals surface area contributed by atoms with Gasteiger partial charge in [0.2, 0.25) is 6.33 Å². The van der Waals surface area contributed by atoms with E-state index in [1.807, 2.05) is 10.6 Å². The summed E-state index contributed by atoms with van der Waals surface area (Å²) < 4.78 is 3.23. The van der Waals surface area contributed by atoms with Crippen LogP contribution in [0.1, 0.15) is 18.9 Å². The van der Waals surface area contributed by atoms with E-state index in [0.29, 0.717) is 18.6 Å². The fraction of sp³-hybridized carbons (Fsp3) is 0.300. The molecule has 1 aliphatic carbocycles. The van der Waals surface area contributed by atoms with Crippen molar-refractivity contribution in [1.82, 2.24) is 19.6 Å². The maximum Gasteiger partial charge on any atom is 0.393 e. The van der Waals surface area contributed by atoms with Crippen LogP contribution >= 0.6 is 11.6 Å². The SMILES string of the molecule is Nc1nc(Cl)n2nc[n+](C3C=CC(=O)CC3)c2n1. The molecule has 0 bridgehead atoms. The van der Waals surface area contributed by atoms with E-state index < -0.39 is 0 Å². The van der Waals surface area contributed by atoms with Gasteiger partial charge in [-0.15, -0.1) is 0 Å². The van der Waals surface area contributed by atoms with Crippen molar-refractivity contribution in [2.75, 3.05) is 5.73 Å². The van der Waals surface area contributed by atoms with Gasteiger partial charge in [-0.05, 0) is 39.8 Å². The molecule has 1 aliphatic rings. The second-order valence-electron chi connectivity index (χ2n) is 4.03. The van der Waals surface area contributed by atoms with E-state index in [4.69, 9.17) is 17.3 Å². The van der Waals surface area contributed by atoms with Crippen molar-refractivity contribution in [1.29, 1.82) is 0 Å². The molecule has 2 N–H and O–H groups in total. The van der Waals surface area contributed by atoms with Gasteiger partial charge in [0.25, 0.3) is 11.2 Å². The summed E-state index contributed by atoms with van der Waals surface area (Å²) in [5.41, 5.74) is 5.57. The molecule has 1 atom stereocenters. The predicted molar refractivity (Wildman–Crippen MR) is 62.8 cm³/mol. The van der Waals surface area contributed by atoms with E-state index in [2.05, 4.69) is 15.1 Å². The highest BCUT2D eigenvalue weighted by Crippen LogP contribution is 2.16. The minimum atomic E-state index is 0.0329. The molecule has 92 valence electrons. The van der Waals surface area contributed by atoms with Crippen LogP contribution in [-0.2, 0) is 4.79 Å². The smallest absolute Gasteiger partial charge is 0.357 e. The Labute approximate surface area is 107 Å². The Bertz CT molecular complexity index is 664. The number of rotatable bonds is 1. The Hall–Kier alpha value is -2.02. The summed E-state index contributed by atoms with van der Waals surface area (Å²) in [7, 11) is 0. The van der Waals surface area contributed by atoms with Crippen LogP contribution in [0.15, 0.2) is 18.5 Å². The molecular formula is C10H10ClN6O+. The number of carbonyl (C=O) groups excluding carboxylic acids is 1.